The first kappa shape index (κ1) is 15.9. The van der Waals surface area contributed by atoms with Crippen molar-refractivity contribution in [1.29, 1.82) is 0 Å². The van der Waals surface area contributed by atoms with Gasteiger partial charge in [-0.25, -0.2) is 4.98 Å². The normalized spacial score (nSPS) is 10.9. The molecule has 0 saturated heterocycles. The predicted molar refractivity (Wildman–Crippen MR) is 89.9 cm³/mol. The fraction of sp³-hybridized carbons (Fsp3) is 0.235. The molecule has 1 N–H and O–H groups in total. The number of fused-ring (bicyclic) bond motifs is 1. The molecule has 0 aliphatic heterocycles. The fourth-order valence-electron chi connectivity index (χ4n) is 2.51. The van der Waals surface area contributed by atoms with E-state index in [1.165, 1.54) is 12.1 Å². The van der Waals surface area contributed by atoms with E-state index in [9.17, 15) is 10.1 Å². The summed E-state index contributed by atoms with van der Waals surface area (Å²) in [7, 11) is 0. The molecule has 1 heterocycles. The van der Waals surface area contributed by atoms with Crippen LogP contribution in [0.3, 0.4) is 0 Å². The van der Waals surface area contributed by atoms with Crippen molar-refractivity contribution >= 4 is 22.5 Å². The van der Waals surface area contributed by atoms with Gasteiger partial charge in [0.2, 0.25) is 5.89 Å². The molecule has 0 unspecified atom stereocenters. The maximum absolute atomic E-state index is 10.8. The standard InChI is InChI=1S/C17H17N3O4/c21-10-4-9-19(13-5-2-1-3-6-13)12-17-18-15-11-14(20(22)23)7-8-16(15)24-17/h1-3,5-8,11,21H,4,9-10,12H2. The molecule has 2 aromatic carbocycles. The second-order valence-corrected chi connectivity index (χ2v) is 5.35. The van der Waals surface area contributed by atoms with Crippen LogP contribution in [0.25, 0.3) is 11.1 Å². The lowest BCUT2D eigenvalue weighted by Crippen LogP contribution is -2.24. The summed E-state index contributed by atoms with van der Waals surface area (Å²) >= 11 is 0. The lowest BCUT2D eigenvalue weighted by atomic mass is 10.2. The Hall–Kier alpha value is -2.93. The molecule has 0 atom stereocenters. The third-order valence-electron chi connectivity index (χ3n) is 3.66. The van der Waals surface area contributed by atoms with E-state index >= 15 is 0 Å². The molecule has 7 heteroatoms. The number of nitro benzene ring substituents is 1. The Kier molecular flexibility index (Phi) is 4.72. The van der Waals surface area contributed by atoms with Gasteiger partial charge in [0.05, 0.1) is 11.5 Å². The highest BCUT2D eigenvalue weighted by atomic mass is 16.6. The van der Waals surface area contributed by atoms with E-state index in [0.717, 1.165) is 5.69 Å². The number of rotatable bonds is 7. The molecule has 0 amide bonds. The second kappa shape index (κ2) is 7.10. The van der Waals surface area contributed by atoms with E-state index in [0.29, 0.717) is 36.5 Å². The van der Waals surface area contributed by atoms with Crippen LogP contribution in [0.5, 0.6) is 0 Å². The number of aromatic nitrogens is 1. The quantitative estimate of drug-likeness (QED) is 0.529. The van der Waals surface area contributed by atoms with Crippen LogP contribution in [-0.2, 0) is 6.54 Å². The molecule has 24 heavy (non-hydrogen) atoms. The van der Waals surface area contributed by atoms with Gasteiger partial charge in [0.15, 0.2) is 5.58 Å². The number of hydrogen-bond donors (Lipinski definition) is 1. The monoisotopic (exact) mass is 327 g/mol. The number of hydrogen-bond acceptors (Lipinski definition) is 6. The minimum Gasteiger partial charge on any atom is -0.439 e. The van der Waals surface area contributed by atoms with Crippen molar-refractivity contribution in [1.82, 2.24) is 4.98 Å². The Morgan fingerprint density at radius 3 is 2.71 bits per heavy atom. The van der Waals surface area contributed by atoms with Crippen LogP contribution in [0.4, 0.5) is 11.4 Å². The molecule has 0 spiro atoms. The number of para-hydroxylation sites is 1. The smallest absolute Gasteiger partial charge is 0.271 e. The van der Waals surface area contributed by atoms with Crippen molar-refractivity contribution in [2.45, 2.75) is 13.0 Å². The predicted octanol–water partition coefficient (Wildman–Crippen LogP) is 3.13. The van der Waals surface area contributed by atoms with Gasteiger partial charge in [0.25, 0.3) is 5.69 Å². The van der Waals surface area contributed by atoms with Crippen molar-refractivity contribution < 1.29 is 14.4 Å². The lowest BCUT2D eigenvalue weighted by molar-refractivity contribution is -0.384. The first-order valence-corrected chi connectivity index (χ1v) is 7.62. The first-order valence-electron chi connectivity index (χ1n) is 7.62. The Labute approximate surface area is 138 Å². The average molecular weight is 327 g/mol. The van der Waals surface area contributed by atoms with Crippen LogP contribution in [0.1, 0.15) is 12.3 Å². The van der Waals surface area contributed by atoms with E-state index in [4.69, 9.17) is 9.52 Å². The maximum Gasteiger partial charge on any atom is 0.271 e. The summed E-state index contributed by atoms with van der Waals surface area (Å²) < 4.78 is 5.70. The van der Waals surface area contributed by atoms with Gasteiger partial charge in [-0.1, -0.05) is 18.2 Å². The van der Waals surface area contributed by atoms with Crippen LogP contribution < -0.4 is 4.90 Å². The van der Waals surface area contributed by atoms with Gasteiger partial charge in [-0.05, 0) is 24.6 Å². The number of nitrogens with zero attached hydrogens (tertiary/aromatic N) is 3. The molecule has 0 radical (unpaired) electrons. The minimum atomic E-state index is -0.453. The number of anilines is 1. The van der Waals surface area contributed by atoms with Crippen molar-refractivity contribution in [2.75, 3.05) is 18.1 Å². The van der Waals surface area contributed by atoms with Crippen molar-refractivity contribution in [3.05, 3.63) is 64.5 Å². The van der Waals surface area contributed by atoms with E-state index in [1.807, 2.05) is 30.3 Å². The molecule has 3 rings (SSSR count). The van der Waals surface area contributed by atoms with Crippen LogP contribution in [0, 0.1) is 10.1 Å². The highest BCUT2D eigenvalue weighted by molar-refractivity contribution is 5.75. The van der Waals surface area contributed by atoms with Gasteiger partial charge in [0.1, 0.15) is 5.52 Å². The molecule has 7 nitrogen and oxygen atoms in total. The molecule has 0 bridgehead atoms. The second-order valence-electron chi connectivity index (χ2n) is 5.35. The Morgan fingerprint density at radius 2 is 2.00 bits per heavy atom. The van der Waals surface area contributed by atoms with Crippen molar-refractivity contribution in [2.24, 2.45) is 0 Å². The molecule has 124 valence electrons. The zero-order valence-corrected chi connectivity index (χ0v) is 13.0. The summed E-state index contributed by atoms with van der Waals surface area (Å²) in [4.78, 5) is 16.8. The van der Waals surface area contributed by atoms with Gasteiger partial charge >= 0.3 is 0 Å². The largest absolute Gasteiger partial charge is 0.439 e. The molecule has 0 saturated carbocycles. The topological polar surface area (TPSA) is 92.6 Å². The summed E-state index contributed by atoms with van der Waals surface area (Å²) in [5.41, 5.74) is 1.97. The number of aliphatic hydroxyl groups excluding tert-OH is 1. The number of benzene rings is 2. The van der Waals surface area contributed by atoms with Gasteiger partial charge in [-0.3, -0.25) is 10.1 Å². The summed E-state index contributed by atoms with van der Waals surface area (Å²) in [6.07, 6.45) is 0.626. The highest BCUT2D eigenvalue weighted by Crippen LogP contribution is 2.23. The zero-order valence-electron chi connectivity index (χ0n) is 13.0. The third kappa shape index (κ3) is 3.52. The number of non-ortho nitro benzene ring substituents is 1. The van der Waals surface area contributed by atoms with E-state index < -0.39 is 4.92 Å². The SMILES string of the molecule is O=[N+]([O-])c1ccc2oc(CN(CCCO)c3ccccc3)nc2c1. The van der Waals surface area contributed by atoms with Crippen molar-refractivity contribution in [3.8, 4) is 0 Å². The van der Waals surface area contributed by atoms with Crippen LogP contribution >= 0.6 is 0 Å². The molecule has 1 aromatic heterocycles. The maximum atomic E-state index is 10.8. The summed E-state index contributed by atoms with van der Waals surface area (Å²) in [5, 5.41) is 19.9. The average Bonchev–Trinajstić information content (AvgIpc) is 3.00. The van der Waals surface area contributed by atoms with E-state index in [1.54, 1.807) is 6.07 Å². The van der Waals surface area contributed by atoms with Gasteiger partial charge in [-0.15, -0.1) is 0 Å². The summed E-state index contributed by atoms with van der Waals surface area (Å²) in [5.74, 6) is 0.479. The van der Waals surface area contributed by atoms with Crippen LogP contribution in [0.15, 0.2) is 52.9 Å². The van der Waals surface area contributed by atoms with Gasteiger partial charge in [-0.2, -0.15) is 0 Å². The number of oxazole rings is 1. The van der Waals surface area contributed by atoms with Crippen molar-refractivity contribution in [3.63, 3.8) is 0 Å². The van der Waals surface area contributed by atoms with Crippen LogP contribution in [-0.4, -0.2) is 28.2 Å². The summed E-state index contributed by atoms with van der Waals surface area (Å²) in [6.45, 7) is 1.18. The Balaban J connectivity index is 1.86. The minimum absolute atomic E-state index is 0.0115. The Morgan fingerprint density at radius 1 is 1.21 bits per heavy atom. The fourth-order valence-corrected chi connectivity index (χ4v) is 2.51. The first-order chi connectivity index (χ1) is 11.7. The van der Waals surface area contributed by atoms with Gasteiger partial charge in [0, 0.05) is 31.0 Å². The molecule has 0 aliphatic rings. The lowest BCUT2D eigenvalue weighted by Gasteiger charge is -2.22. The number of nitro groups is 1. The van der Waals surface area contributed by atoms with E-state index in [-0.39, 0.29) is 12.3 Å². The van der Waals surface area contributed by atoms with Gasteiger partial charge < -0.3 is 14.4 Å². The highest BCUT2D eigenvalue weighted by Gasteiger charge is 2.14. The zero-order chi connectivity index (χ0) is 16.9. The molecule has 3 aromatic rings. The molecular weight excluding hydrogens is 310 g/mol. The number of aliphatic hydroxyl groups is 1. The summed E-state index contributed by atoms with van der Waals surface area (Å²) in [6, 6.07) is 14.1. The van der Waals surface area contributed by atoms with Crippen LogP contribution in [0.2, 0.25) is 0 Å². The Bertz CT molecular complexity index is 832. The van der Waals surface area contributed by atoms with E-state index in [2.05, 4.69) is 9.88 Å². The molecular formula is C17H17N3O4. The molecule has 0 aliphatic carbocycles. The molecule has 0 fully saturated rings. The third-order valence-corrected chi connectivity index (χ3v) is 3.66.